The summed E-state index contributed by atoms with van der Waals surface area (Å²) in [6, 6.07) is 12.8. The van der Waals surface area contributed by atoms with Gasteiger partial charge in [0.1, 0.15) is 15.9 Å². The Kier molecular flexibility index (Phi) is 6.88. The van der Waals surface area contributed by atoms with E-state index in [1.54, 1.807) is 30.6 Å². The smallest absolute Gasteiger partial charge is 0.273 e. The molecule has 0 aliphatic heterocycles. The summed E-state index contributed by atoms with van der Waals surface area (Å²) in [5.41, 5.74) is 2.35. The number of nitrogens with one attached hydrogen (secondary N) is 1. The number of anilines is 1. The van der Waals surface area contributed by atoms with Crippen LogP contribution in [0.15, 0.2) is 65.3 Å². The van der Waals surface area contributed by atoms with Crippen molar-refractivity contribution in [2.45, 2.75) is 37.9 Å². The molecule has 0 saturated heterocycles. The van der Waals surface area contributed by atoms with Crippen molar-refractivity contribution in [2.24, 2.45) is 5.92 Å². The Morgan fingerprint density at radius 1 is 1.12 bits per heavy atom. The molecule has 1 aromatic carbocycles. The van der Waals surface area contributed by atoms with Gasteiger partial charge in [0, 0.05) is 34.1 Å². The number of halogens is 1. The molecule has 0 amide bonds. The van der Waals surface area contributed by atoms with Crippen LogP contribution < -0.4 is 4.72 Å². The SMILES string of the molecule is Cc1nccn1Cc1ccc(-c2cc(CC(C)C)sc2S(=O)(=O)Nc2ccccn2)cc1Cl. The second kappa shape index (κ2) is 9.67. The Labute approximate surface area is 203 Å². The quantitative estimate of drug-likeness (QED) is 0.321. The lowest BCUT2D eigenvalue weighted by atomic mass is 10.0. The van der Waals surface area contributed by atoms with Crippen LogP contribution >= 0.6 is 22.9 Å². The molecule has 4 aromatic rings. The van der Waals surface area contributed by atoms with Gasteiger partial charge in [-0.05, 0) is 54.7 Å². The van der Waals surface area contributed by atoms with Crippen LogP contribution in [0.5, 0.6) is 0 Å². The largest absolute Gasteiger partial charge is 0.331 e. The molecule has 0 saturated carbocycles. The summed E-state index contributed by atoms with van der Waals surface area (Å²) in [6.07, 6.45) is 6.01. The van der Waals surface area contributed by atoms with Gasteiger partial charge < -0.3 is 4.57 Å². The van der Waals surface area contributed by atoms with Crippen LogP contribution in [0.4, 0.5) is 5.82 Å². The molecule has 1 N–H and O–H groups in total. The van der Waals surface area contributed by atoms with Crippen molar-refractivity contribution in [3.05, 3.63) is 82.3 Å². The maximum atomic E-state index is 13.3. The first-order chi connectivity index (χ1) is 15.7. The lowest BCUT2D eigenvalue weighted by molar-refractivity contribution is 0.603. The van der Waals surface area contributed by atoms with E-state index in [1.165, 1.54) is 11.3 Å². The first kappa shape index (κ1) is 23.5. The normalized spacial score (nSPS) is 11.8. The number of pyridine rings is 1. The van der Waals surface area contributed by atoms with Gasteiger partial charge in [0.15, 0.2) is 0 Å². The first-order valence-electron chi connectivity index (χ1n) is 10.6. The van der Waals surface area contributed by atoms with E-state index in [2.05, 4.69) is 28.5 Å². The monoisotopic (exact) mass is 500 g/mol. The Bertz CT molecular complexity index is 1360. The highest BCUT2D eigenvalue weighted by Gasteiger charge is 2.25. The molecular weight excluding hydrogens is 476 g/mol. The molecule has 3 aromatic heterocycles. The topological polar surface area (TPSA) is 76.9 Å². The number of hydrogen-bond donors (Lipinski definition) is 1. The van der Waals surface area contributed by atoms with E-state index in [0.29, 0.717) is 23.0 Å². The van der Waals surface area contributed by atoms with Crippen LogP contribution in [-0.2, 0) is 23.0 Å². The van der Waals surface area contributed by atoms with E-state index >= 15 is 0 Å². The van der Waals surface area contributed by atoms with E-state index in [9.17, 15) is 8.42 Å². The highest BCUT2D eigenvalue weighted by atomic mass is 35.5. The molecular formula is C24H25ClN4O2S2. The third-order valence-electron chi connectivity index (χ3n) is 5.13. The molecule has 33 heavy (non-hydrogen) atoms. The predicted octanol–water partition coefficient (Wildman–Crippen LogP) is 6.02. The van der Waals surface area contributed by atoms with Gasteiger partial charge in [-0.3, -0.25) is 4.72 Å². The predicted molar refractivity (Wildman–Crippen MR) is 134 cm³/mol. The second-order valence-electron chi connectivity index (χ2n) is 8.24. The third-order valence-corrected chi connectivity index (χ3v) is 8.53. The van der Waals surface area contributed by atoms with Gasteiger partial charge in [0.05, 0.1) is 6.54 Å². The van der Waals surface area contributed by atoms with E-state index in [-0.39, 0.29) is 10.0 Å². The Hall–Kier alpha value is -2.68. The van der Waals surface area contributed by atoms with Crippen LogP contribution in [0.3, 0.4) is 0 Å². The number of benzene rings is 1. The minimum Gasteiger partial charge on any atom is -0.331 e. The summed E-state index contributed by atoms with van der Waals surface area (Å²) in [7, 11) is -3.83. The first-order valence-corrected chi connectivity index (χ1v) is 13.2. The third kappa shape index (κ3) is 5.46. The molecule has 0 fully saturated rings. The van der Waals surface area contributed by atoms with E-state index in [1.807, 2.05) is 42.0 Å². The zero-order chi connectivity index (χ0) is 23.6. The Balaban J connectivity index is 1.72. The molecule has 0 radical (unpaired) electrons. The number of rotatable bonds is 8. The molecule has 0 unspecified atom stereocenters. The molecule has 4 rings (SSSR count). The fourth-order valence-corrected chi connectivity index (χ4v) is 6.73. The van der Waals surface area contributed by atoms with Crippen molar-refractivity contribution in [1.29, 1.82) is 0 Å². The lowest BCUT2D eigenvalue weighted by Gasteiger charge is -2.11. The number of thiophene rings is 1. The highest BCUT2D eigenvalue weighted by molar-refractivity contribution is 7.94. The van der Waals surface area contributed by atoms with Crippen LogP contribution in [0.25, 0.3) is 11.1 Å². The molecule has 0 atom stereocenters. The van der Waals surface area contributed by atoms with Crippen LogP contribution in [-0.4, -0.2) is 23.0 Å². The molecule has 0 bridgehead atoms. The van der Waals surface area contributed by atoms with Crippen molar-refractivity contribution >= 4 is 38.8 Å². The second-order valence-corrected chi connectivity index (χ2v) is 11.7. The molecule has 0 spiro atoms. The van der Waals surface area contributed by atoms with Crippen LogP contribution in [0.2, 0.25) is 5.02 Å². The van der Waals surface area contributed by atoms with Crippen molar-refractivity contribution < 1.29 is 8.42 Å². The van der Waals surface area contributed by atoms with Crippen molar-refractivity contribution in [3.8, 4) is 11.1 Å². The maximum absolute atomic E-state index is 13.3. The van der Waals surface area contributed by atoms with Crippen molar-refractivity contribution in [1.82, 2.24) is 14.5 Å². The van der Waals surface area contributed by atoms with Gasteiger partial charge in [0.25, 0.3) is 10.0 Å². The van der Waals surface area contributed by atoms with E-state index in [4.69, 9.17) is 11.6 Å². The standard InChI is InChI=1S/C24H25ClN4O2S2/c1-16(2)12-20-14-21(24(32-20)33(30,31)28-23-6-4-5-9-27-23)18-7-8-19(22(25)13-18)15-29-11-10-26-17(29)3/h4-11,13-14,16H,12,15H2,1-3H3,(H,27,28). The van der Waals surface area contributed by atoms with Gasteiger partial charge in [0.2, 0.25) is 0 Å². The van der Waals surface area contributed by atoms with Crippen molar-refractivity contribution in [3.63, 3.8) is 0 Å². The minimum atomic E-state index is -3.83. The summed E-state index contributed by atoms with van der Waals surface area (Å²) in [5.74, 6) is 1.59. The fraction of sp³-hybridized carbons (Fsp3) is 0.250. The van der Waals surface area contributed by atoms with Gasteiger partial charge >= 0.3 is 0 Å². The molecule has 6 nitrogen and oxygen atoms in total. The minimum absolute atomic E-state index is 0.262. The number of sulfonamides is 1. The molecule has 9 heteroatoms. The van der Waals surface area contributed by atoms with Crippen LogP contribution in [0.1, 0.15) is 30.1 Å². The number of aryl methyl sites for hydroxylation is 1. The zero-order valence-corrected chi connectivity index (χ0v) is 21.0. The van der Waals surface area contributed by atoms with Crippen molar-refractivity contribution in [2.75, 3.05) is 4.72 Å². The Morgan fingerprint density at radius 2 is 1.94 bits per heavy atom. The molecule has 0 aliphatic carbocycles. The number of imidazole rings is 1. The van der Waals surface area contributed by atoms with Crippen LogP contribution in [0, 0.1) is 12.8 Å². The average Bonchev–Trinajstić information content (AvgIpc) is 3.36. The van der Waals surface area contributed by atoms with E-state index < -0.39 is 10.0 Å². The average molecular weight is 501 g/mol. The van der Waals surface area contributed by atoms with Gasteiger partial charge in [-0.25, -0.2) is 18.4 Å². The number of aromatic nitrogens is 3. The lowest BCUT2D eigenvalue weighted by Crippen LogP contribution is -2.13. The number of hydrogen-bond acceptors (Lipinski definition) is 5. The fourth-order valence-electron chi connectivity index (χ4n) is 3.53. The number of nitrogens with zero attached hydrogens (tertiary/aromatic N) is 3. The molecule has 172 valence electrons. The summed E-state index contributed by atoms with van der Waals surface area (Å²) >= 11 is 7.92. The summed E-state index contributed by atoms with van der Waals surface area (Å²) < 4.78 is 31.5. The summed E-state index contributed by atoms with van der Waals surface area (Å²) in [4.78, 5) is 9.36. The van der Waals surface area contributed by atoms with E-state index in [0.717, 1.165) is 28.2 Å². The van der Waals surface area contributed by atoms with Gasteiger partial charge in [-0.15, -0.1) is 11.3 Å². The summed E-state index contributed by atoms with van der Waals surface area (Å²) in [5, 5.41) is 0.582. The van der Waals surface area contributed by atoms with Gasteiger partial charge in [-0.2, -0.15) is 0 Å². The summed E-state index contributed by atoms with van der Waals surface area (Å²) in [6.45, 7) is 6.77. The highest BCUT2D eigenvalue weighted by Crippen LogP contribution is 2.38. The molecule has 3 heterocycles. The Morgan fingerprint density at radius 3 is 2.58 bits per heavy atom. The maximum Gasteiger partial charge on any atom is 0.273 e. The zero-order valence-electron chi connectivity index (χ0n) is 18.6. The molecule has 0 aliphatic rings. The van der Waals surface area contributed by atoms with Gasteiger partial charge in [-0.1, -0.05) is 43.6 Å².